The summed E-state index contributed by atoms with van der Waals surface area (Å²) in [6, 6.07) is 12.0. The van der Waals surface area contributed by atoms with Crippen molar-refractivity contribution in [3.05, 3.63) is 41.3 Å². The van der Waals surface area contributed by atoms with E-state index in [4.69, 9.17) is 19.0 Å². The van der Waals surface area contributed by atoms with Crippen molar-refractivity contribution < 1.29 is 28.6 Å². The van der Waals surface area contributed by atoms with Crippen LogP contribution in [0.3, 0.4) is 0 Å². The Morgan fingerprint density at radius 3 is 2.81 bits per heavy atom. The van der Waals surface area contributed by atoms with Gasteiger partial charge in [0.25, 0.3) is 0 Å². The number of carbonyl (C=O) groups excluding carboxylic acids is 2. The number of thiophene rings is 1. The Kier molecular flexibility index (Phi) is 10.8. The number of benzene rings is 1. The third-order valence-corrected chi connectivity index (χ3v) is 9.47. The molecule has 2 amide bonds. The normalized spacial score (nSPS) is 21.9. The van der Waals surface area contributed by atoms with E-state index >= 15 is 0 Å². The molecule has 0 bridgehead atoms. The summed E-state index contributed by atoms with van der Waals surface area (Å²) in [4.78, 5) is 32.9. The van der Waals surface area contributed by atoms with E-state index in [0.717, 1.165) is 60.4 Å². The first-order chi connectivity index (χ1) is 18.1. The van der Waals surface area contributed by atoms with Crippen molar-refractivity contribution in [2.75, 3.05) is 44.6 Å². The van der Waals surface area contributed by atoms with Crippen LogP contribution >= 0.6 is 23.1 Å². The number of amides is 2. The number of carbonyl (C=O) groups is 2. The first-order valence-corrected chi connectivity index (χ1v) is 14.7. The second-order valence-electron chi connectivity index (χ2n) is 9.25. The zero-order valence-electron chi connectivity index (χ0n) is 21.3. The lowest BCUT2D eigenvalue weighted by Gasteiger charge is -2.35. The summed E-state index contributed by atoms with van der Waals surface area (Å²) in [7, 11) is 1.59. The summed E-state index contributed by atoms with van der Waals surface area (Å²) in [5, 5.41) is 2.89. The van der Waals surface area contributed by atoms with Gasteiger partial charge in [0.1, 0.15) is 6.61 Å². The molecule has 10 heteroatoms. The average molecular weight is 549 g/mol. The molecule has 1 aromatic heterocycles. The summed E-state index contributed by atoms with van der Waals surface area (Å²) >= 11 is 3.58. The van der Waals surface area contributed by atoms with Crippen molar-refractivity contribution in [3.8, 4) is 10.4 Å². The summed E-state index contributed by atoms with van der Waals surface area (Å²) in [5.74, 6) is 0.710. The van der Waals surface area contributed by atoms with Crippen molar-refractivity contribution in [1.29, 1.82) is 0 Å². The zero-order chi connectivity index (χ0) is 25.9. The van der Waals surface area contributed by atoms with Crippen LogP contribution in [0.4, 0.5) is 5.69 Å². The Balaban J connectivity index is 1.40. The first-order valence-electron chi connectivity index (χ1n) is 12.9. The highest BCUT2D eigenvalue weighted by atomic mass is 32.2. The van der Waals surface area contributed by atoms with Crippen LogP contribution in [0.5, 0.6) is 0 Å². The number of anilines is 1. The molecule has 0 radical (unpaired) electrons. The molecule has 8 nitrogen and oxygen atoms in total. The van der Waals surface area contributed by atoms with E-state index in [9.17, 15) is 9.59 Å². The van der Waals surface area contributed by atoms with Crippen LogP contribution in [0.1, 0.15) is 49.8 Å². The van der Waals surface area contributed by atoms with Gasteiger partial charge >= 0.3 is 0 Å². The molecule has 2 aromatic rings. The molecular formula is C27H36N2O6S2. The van der Waals surface area contributed by atoms with Crippen molar-refractivity contribution in [1.82, 2.24) is 5.48 Å². The molecule has 0 saturated carbocycles. The highest BCUT2D eigenvalue weighted by Gasteiger charge is 2.38. The standard InChI is InChI=1S/C27H36N2O6S2/c1-32-14-15-33-19-25(31)28-21-8-6-7-20(17-21)22-10-11-23(37-22)27(12-3-5-16-36-27)18-24(30)29-35-26-9-2-4-13-34-26/h6-8,10-11,17,26H,2-5,9,12-16,18-19H2,1H3,(H,28,31)(H,29,30)/t26?,27-/m0/s1. The third kappa shape index (κ3) is 8.27. The molecule has 3 heterocycles. The number of methoxy groups -OCH3 is 1. The number of ether oxygens (including phenoxy) is 3. The quantitative estimate of drug-likeness (QED) is 0.282. The van der Waals surface area contributed by atoms with Crippen LogP contribution in [0.15, 0.2) is 36.4 Å². The van der Waals surface area contributed by atoms with Crippen molar-refractivity contribution in [2.45, 2.75) is 56.0 Å². The first kappa shape index (κ1) is 28.1. The number of hydroxylamine groups is 1. The highest BCUT2D eigenvalue weighted by Crippen LogP contribution is 2.51. The molecule has 202 valence electrons. The van der Waals surface area contributed by atoms with Gasteiger partial charge in [-0.3, -0.25) is 9.59 Å². The maximum Gasteiger partial charge on any atom is 0.250 e. The third-order valence-electron chi connectivity index (χ3n) is 6.39. The highest BCUT2D eigenvalue weighted by molar-refractivity contribution is 8.00. The van der Waals surface area contributed by atoms with Crippen LogP contribution in [0, 0.1) is 0 Å². The topological polar surface area (TPSA) is 95.1 Å². The fourth-order valence-corrected chi connectivity index (χ4v) is 7.38. The number of rotatable bonds is 12. The van der Waals surface area contributed by atoms with Gasteiger partial charge in [-0.05, 0) is 61.3 Å². The molecule has 2 N–H and O–H groups in total. The van der Waals surface area contributed by atoms with Crippen LogP contribution in [-0.2, 0) is 33.4 Å². The van der Waals surface area contributed by atoms with E-state index in [1.807, 2.05) is 36.0 Å². The van der Waals surface area contributed by atoms with Gasteiger partial charge in [-0.2, -0.15) is 0 Å². The molecule has 0 spiro atoms. The molecule has 37 heavy (non-hydrogen) atoms. The molecule has 2 aliphatic rings. The smallest absolute Gasteiger partial charge is 0.250 e. The Hall–Kier alpha value is -1.95. The molecule has 2 saturated heterocycles. The summed E-state index contributed by atoms with van der Waals surface area (Å²) in [5.41, 5.74) is 4.39. The van der Waals surface area contributed by atoms with Crippen molar-refractivity contribution >= 4 is 40.6 Å². The second kappa shape index (κ2) is 14.3. The van der Waals surface area contributed by atoms with Gasteiger partial charge in [-0.25, -0.2) is 10.3 Å². The molecule has 2 aliphatic heterocycles. The van der Waals surface area contributed by atoms with E-state index < -0.39 is 0 Å². The predicted octanol–water partition coefficient (Wildman–Crippen LogP) is 5.09. The Labute approximate surface area is 226 Å². The number of nitrogens with one attached hydrogen (secondary N) is 2. The summed E-state index contributed by atoms with van der Waals surface area (Å²) < 4.78 is 15.5. The van der Waals surface area contributed by atoms with E-state index in [1.54, 1.807) is 18.4 Å². The minimum Gasteiger partial charge on any atom is -0.382 e. The van der Waals surface area contributed by atoms with Crippen molar-refractivity contribution in [3.63, 3.8) is 0 Å². The minimum absolute atomic E-state index is 0.0187. The minimum atomic E-state index is -0.356. The monoisotopic (exact) mass is 548 g/mol. The molecular weight excluding hydrogens is 512 g/mol. The molecule has 4 rings (SSSR count). The maximum absolute atomic E-state index is 12.9. The zero-order valence-corrected chi connectivity index (χ0v) is 22.9. The van der Waals surface area contributed by atoms with Crippen LogP contribution in [0.2, 0.25) is 0 Å². The van der Waals surface area contributed by atoms with E-state index in [1.165, 1.54) is 4.88 Å². The molecule has 1 unspecified atom stereocenters. The van der Waals surface area contributed by atoms with E-state index in [2.05, 4.69) is 22.9 Å². The molecule has 2 atom stereocenters. The fraction of sp³-hybridized carbons (Fsp3) is 0.556. The van der Waals surface area contributed by atoms with Crippen molar-refractivity contribution in [2.24, 2.45) is 0 Å². The van der Waals surface area contributed by atoms with Gasteiger partial charge in [0.05, 0.1) is 18.0 Å². The molecule has 2 fully saturated rings. The lowest BCUT2D eigenvalue weighted by molar-refractivity contribution is -0.200. The van der Waals surface area contributed by atoms with Gasteiger partial charge < -0.3 is 19.5 Å². The van der Waals surface area contributed by atoms with Gasteiger partial charge in [0.2, 0.25) is 11.8 Å². The van der Waals surface area contributed by atoms with Gasteiger partial charge in [0, 0.05) is 42.0 Å². The lowest BCUT2D eigenvalue weighted by atomic mass is 9.94. The Morgan fingerprint density at radius 2 is 2.03 bits per heavy atom. The largest absolute Gasteiger partial charge is 0.382 e. The number of hydrogen-bond acceptors (Lipinski definition) is 8. The van der Waals surface area contributed by atoms with Gasteiger partial charge in [-0.15, -0.1) is 23.1 Å². The van der Waals surface area contributed by atoms with Gasteiger partial charge in [0.15, 0.2) is 6.29 Å². The van der Waals surface area contributed by atoms with Crippen LogP contribution in [0.25, 0.3) is 10.4 Å². The fourth-order valence-electron chi connectivity index (χ4n) is 4.50. The number of thioether (sulfide) groups is 1. The summed E-state index contributed by atoms with van der Waals surface area (Å²) in [6.07, 6.45) is 6.09. The maximum atomic E-state index is 12.9. The molecule has 0 aliphatic carbocycles. The average Bonchev–Trinajstić information content (AvgIpc) is 3.43. The predicted molar refractivity (Wildman–Crippen MR) is 147 cm³/mol. The Morgan fingerprint density at radius 1 is 1.11 bits per heavy atom. The van der Waals surface area contributed by atoms with Gasteiger partial charge in [-0.1, -0.05) is 18.6 Å². The molecule has 1 aromatic carbocycles. The second-order valence-corrected chi connectivity index (χ2v) is 11.8. The number of hydrogen-bond donors (Lipinski definition) is 2. The van der Waals surface area contributed by atoms with Crippen LogP contribution < -0.4 is 10.8 Å². The Bertz CT molecular complexity index is 1020. The SMILES string of the molecule is COCCOCC(=O)Nc1cccc(-c2ccc([C@@]3(CC(=O)NOC4CCCCO4)CCCCS3)s2)c1. The van der Waals surface area contributed by atoms with Crippen LogP contribution in [-0.4, -0.2) is 57.4 Å². The van der Waals surface area contributed by atoms with E-state index in [0.29, 0.717) is 26.2 Å². The van der Waals surface area contributed by atoms with E-state index in [-0.39, 0.29) is 29.5 Å². The lowest BCUT2D eigenvalue weighted by Crippen LogP contribution is -2.37. The summed E-state index contributed by atoms with van der Waals surface area (Å²) in [6.45, 7) is 1.48.